The molecule has 2 aliphatic rings. The third kappa shape index (κ3) is 4.80. The van der Waals surface area contributed by atoms with Crippen LogP contribution in [-0.2, 0) is 35.4 Å². The molecule has 0 unspecified atom stereocenters. The Morgan fingerprint density at radius 1 is 1.00 bits per heavy atom. The number of rotatable bonds is 6. The molecule has 0 amide bonds. The van der Waals surface area contributed by atoms with Crippen LogP contribution in [0.4, 0.5) is 0 Å². The molecule has 3 aromatic carbocycles. The summed E-state index contributed by atoms with van der Waals surface area (Å²) in [6.45, 7) is 12.9. The van der Waals surface area contributed by atoms with Crippen molar-refractivity contribution in [3.8, 4) is 0 Å². The number of ether oxygens (including phenoxy) is 1. The molecule has 0 N–H and O–H groups in total. The van der Waals surface area contributed by atoms with Gasteiger partial charge in [-0.1, -0.05) is 48.6 Å². The normalized spacial score (nSPS) is 15.8. The van der Waals surface area contributed by atoms with Crippen molar-refractivity contribution in [3.63, 3.8) is 0 Å². The molecule has 0 saturated carbocycles. The van der Waals surface area contributed by atoms with E-state index in [1.54, 1.807) is 10.4 Å². The van der Waals surface area contributed by atoms with Gasteiger partial charge in [-0.15, -0.1) is 38.9 Å². The second kappa shape index (κ2) is 9.97. The smallest absolute Gasteiger partial charge is 1.00 e. The first-order valence-electron chi connectivity index (χ1n) is 10.6. The summed E-state index contributed by atoms with van der Waals surface area (Å²) in [5.41, 5.74) is 2.80. The number of fused-ring (bicyclic) bond motifs is 5. The minimum atomic E-state index is -1.49. The molecule has 5 rings (SSSR count). The molecule has 1 heterocycles. The summed E-state index contributed by atoms with van der Waals surface area (Å²) in [4.78, 5) is 0. The monoisotopic (exact) mass is 577 g/mol. The molecule has 3 aromatic rings. The van der Waals surface area contributed by atoms with E-state index >= 15 is 0 Å². The summed E-state index contributed by atoms with van der Waals surface area (Å²) >= 11 is 0. The third-order valence-electron chi connectivity index (χ3n) is 6.20. The van der Waals surface area contributed by atoms with E-state index in [1.165, 1.54) is 32.7 Å². The quantitative estimate of drug-likeness (QED) is 0.221. The summed E-state index contributed by atoms with van der Waals surface area (Å²) in [7, 11) is -2.96. The summed E-state index contributed by atoms with van der Waals surface area (Å²) in [6.07, 6.45) is 5.35. The van der Waals surface area contributed by atoms with Crippen LogP contribution in [0.25, 0.3) is 27.1 Å². The first-order valence-corrected chi connectivity index (χ1v) is 17.0. The summed E-state index contributed by atoms with van der Waals surface area (Å²) in [6, 6.07) is 13.6. The van der Waals surface area contributed by atoms with E-state index in [-0.39, 0.29) is 51.0 Å². The molecule has 167 valence electrons. The van der Waals surface area contributed by atoms with Crippen molar-refractivity contribution in [2.45, 2.75) is 39.2 Å². The molecule has 7 heteroatoms. The van der Waals surface area contributed by atoms with Crippen LogP contribution in [0.3, 0.4) is 0 Å². The minimum absolute atomic E-state index is 0. The van der Waals surface area contributed by atoms with Gasteiger partial charge >= 0.3 is 26.2 Å². The number of halogens is 2. The fourth-order valence-electron chi connectivity index (χ4n) is 4.84. The van der Waals surface area contributed by atoms with Crippen molar-refractivity contribution in [2.24, 2.45) is 0 Å². The molecule has 1 aliphatic heterocycles. The fourth-order valence-corrected chi connectivity index (χ4v) is 9.27. The molecule has 0 spiro atoms. The predicted molar refractivity (Wildman–Crippen MR) is 130 cm³/mol. The van der Waals surface area contributed by atoms with Crippen LogP contribution in [0.5, 0.6) is 0 Å². The first-order chi connectivity index (χ1) is 13.8. The Hall–Kier alpha value is -0.553. The Bertz CT molecular complexity index is 1210. The molecule has 32 heavy (non-hydrogen) atoms. The predicted octanol–water partition coefficient (Wildman–Crippen LogP) is -0.607. The minimum Gasteiger partial charge on any atom is -1.00 e. The largest absolute Gasteiger partial charge is 3.00 e. The molecule has 2 nitrogen and oxygen atoms in total. The zero-order valence-electron chi connectivity index (χ0n) is 19.3. The van der Waals surface area contributed by atoms with Gasteiger partial charge in [0.2, 0.25) is 0 Å². The van der Waals surface area contributed by atoms with Gasteiger partial charge in [-0.25, -0.2) is 0 Å². The van der Waals surface area contributed by atoms with Crippen LogP contribution < -0.4 is 35.2 Å². The third-order valence-corrected chi connectivity index (χ3v) is 10.6. The average molecular weight is 580 g/mol. The zero-order chi connectivity index (χ0) is 20.4. The van der Waals surface area contributed by atoms with E-state index in [4.69, 9.17) is 9.16 Å². The maximum absolute atomic E-state index is 6.20. The van der Waals surface area contributed by atoms with Crippen LogP contribution >= 0.6 is 0 Å². The van der Waals surface area contributed by atoms with Gasteiger partial charge in [0.15, 0.2) is 8.32 Å². The van der Waals surface area contributed by atoms with E-state index in [2.05, 4.69) is 81.3 Å². The van der Waals surface area contributed by atoms with Crippen molar-refractivity contribution in [3.05, 3.63) is 59.9 Å². The Morgan fingerprint density at radius 2 is 1.72 bits per heavy atom. The molecule has 0 bridgehead atoms. The summed E-state index contributed by atoms with van der Waals surface area (Å²) in [5, 5.41) is 8.92. The van der Waals surface area contributed by atoms with Gasteiger partial charge in [-0.05, 0) is 37.7 Å². The molecule has 0 aromatic heterocycles. The van der Waals surface area contributed by atoms with Crippen molar-refractivity contribution in [2.75, 3.05) is 13.2 Å². The molecule has 1 aliphatic carbocycles. The fraction of sp³-hybridized carbons (Fsp3) is 0.320. The average Bonchev–Trinajstić information content (AvgIpc) is 3.02. The molecule has 1 radical (unpaired) electrons. The van der Waals surface area contributed by atoms with Crippen molar-refractivity contribution in [1.82, 2.24) is 0 Å². The van der Waals surface area contributed by atoms with Crippen LogP contribution in [0.1, 0.15) is 12.0 Å². The Kier molecular flexibility index (Phi) is 8.63. The Labute approximate surface area is 224 Å². The summed E-state index contributed by atoms with van der Waals surface area (Å²) < 4.78 is 12.2. The molecule has 0 fully saturated rings. The second-order valence-electron chi connectivity index (χ2n) is 9.75. The first kappa shape index (κ1) is 27.7. The topological polar surface area (TPSA) is 18.5 Å². The van der Waals surface area contributed by atoms with Gasteiger partial charge < -0.3 is 34.0 Å². The van der Waals surface area contributed by atoms with Crippen LogP contribution in [-0.4, -0.2) is 29.6 Å². The Balaban J connectivity index is 0.00000121. The van der Waals surface area contributed by atoms with E-state index < -0.39 is 16.4 Å². The molecular weight excluding hydrogens is 551 g/mol. The van der Waals surface area contributed by atoms with Crippen molar-refractivity contribution in [1.29, 1.82) is 0 Å². The number of benzene rings is 2. The van der Waals surface area contributed by atoms with Crippen molar-refractivity contribution < 1.29 is 60.2 Å². The maximum atomic E-state index is 6.20. The van der Waals surface area contributed by atoms with Gasteiger partial charge in [-0.2, -0.15) is 0 Å². The van der Waals surface area contributed by atoms with Crippen LogP contribution in [0.15, 0.2) is 54.3 Å². The summed E-state index contributed by atoms with van der Waals surface area (Å²) in [5.74, 6) is 1.04. The van der Waals surface area contributed by atoms with E-state index in [1.807, 2.05) is 0 Å². The van der Waals surface area contributed by atoms with E-state index in [9.17, 15) is 0 Å². The molecule has 0 atom stereocenters. The second-order valence-corrected chi connectivity index (χ2v) is 18.5. The number of hydrogen-bond donors (Lipinski definition) is 0. The number of hydrogen-bond acceptors (Lipinski definition) is 2. The number of allylic oxidation sites excluding steroid dienone is 3. The van der Waals surface area contributed by atoms with Gasteiger partial charge in [-0.3, -0.25) is 0 Å². The van der Waals surface area contributed by atoms with Gasteiger partial charge in [0.1, 0.15) is 12.4 Å². The van der Waals surface area contributed by atoms with Crippen LogP contribution in [0, 0.1) is 0 Å². The molecule has 0 saturated heterocycles. The van der Waals surface area contributed by atoms with Crippen LogP contribution in [0.2, 0.25) is 32.7 Å². The zero-order valence-corrected chi connectivity index (χ0v) is 25.3. The Morgan fingerprint density at radius 3 is 2.44 bits per heavy atom. The van der Waals surface area contributed by atoms with Gasteiger partial charge in [0, 0.05) is 5.57 Å². The standard InChI is InChI=1S/C25H29O2Si2.2ClH.Zr/c1-28(2,3)27-14-13-26-23-12-8-11-19(23)22-16-20-18-10-7-6-9-17(18)15-21(20)24-25(22)29(24,4)5;;;/h6-10,12,15-16H,11,13-14H2,1-5H3;2*1H;/q-1;;;+3/p-2. The van der Waals surface area contributed by atoms with Crippen molar-refractivity contribution >= 4 is 53.9 Å². The molecular formula is C25H29Cl2O2Si2Zr. The van der Waals surface area contributed by atoms with Gasteiger partial charge in [0.25, 0.3) is 0 Å². The SMILES string of the molecule is C[Si](C)(C)OCCOC1=C(c2cc3c([cH-]c4ccccc43)c3c2[Si]3(C)C)CC=C1.[Cl-].[Cl-].[Zr+3]. The van der Waals surface area contributed by atoms with E-state index in [0.29, 0.717) is 13.2 Å². The van der Waals surface area contributed by atoms with E-state index in [0.717, 1.165) is 12.2 Å². The maximum Gasteiger partial charge on any atom is 3.00 e. The van der Waals surface area contributed by atoms with Gasteiger partial charge in [0.05, 0.1) is 14.7 Å².